The van der Waals surface area contributed by atoms with Gasteiger partial charge in [-0.15, -0.1) is 0 Å². The molecule has 1 atom stereocenters. The Bertz CT molecular complexity index is 328. The molecule has 0 radical (unpaired) electrons. The van der Waals surface area contributed by atoms with Crippen molar-refractivity contribution in [2.45, 2.75) is 19.9 Å². The van der Waals surface area contributed by atoms with E-state index in [-0.39, 0.29) is 6.04 Å². The molecule has 0 aliphatic heterocycles. The van der Waals surface area contributed by atoms with Gasteiger partial charge in [0.25, 0.3) is 0 Å². The first-order chi connectivity index (χ1) is 7.72. The fourth-order valence-corrected chi connectivity index (χ4v) is 1.40. The first-order valence-electron chi connectivity index (χ1n) is 5.32. The van der Waals surface area contributed by atoms with Gasteiger partial charge < -0.3 is 14.3 Å². The van der Waals surface area contributed by atoms with Crippen LogP contribution < -0.4 is 15.0 Å². The van der Waals surface area contributed by atoms with Crippen molar-refractivity contribution in [2.24, 2.45) is 0 Å². The number of ether oxygens (including phenoxy) is 2. The molecule has 0 spiro atoms. The monoisotopic (exact) mass is 225 g/mol. The summed E-state index contributed by atoms with van der Waals surface area (Å²) in [5, 5.41) is 0. The molecule has 4 heteroatoms. The van der Waals surface area contributed by atoms with Crippen molar-refractivity contribution in [3.8, 4) is 11.5 Å². The number of methoxy groups -OCH3 is 2. The van der Waals surface area contributed by atoms with E-state index >= 15 is 0 Å². The molecule has 1 aromatic rings. The summed E-state index contributed by atoms with van der Waals surface area (Å²) in [6.45, 7) is 4.60. The number of rotatable bonds is 6. The molecule has 0 aliphatic carbocycles. The second-order valence-electron chi connectivity index (χ2n) is 3.39. The Balaban J connectivity index is 2.81. The zero-order valence-corrected chi connectivity index (χ0v) is 10.2. The number of nitrogens with one attached hydrogen (secondary N) is 1. The van der Waals surface area contributed by atoms with Gasteiger partial charge in [-0.3, -0.25) is 0 Å². The Morgan fingerprint density at radius 3 is 2.44 bits per heavy atom. The predicted molar refractivity (Wildman–Crippen MR) is 62.7 cm³/mol. The second kappa shape index (κ2) is 6.35. The number of hydrogen-bond donors (Lipinski definition) is 1. The van der Waals surface area contributed by atoms with E-state index in [1.165, 1.54) is 0 Å². The molecule has 0 aromatic heterocycles. The van der Waals surface area contributed by atoms with Crippen LogP contribution >= 0.6 is 0 Å². The predicted octanol–water partition coefficient (Wildman–Crippen LogP) is 2.31. The van der Waals surface area contributed by atoms with Crippen LogP contribution in [0.25, 0.3) is 0 Å². The van der Waals surface area contributed by atoms with Crippen molar-refractivity contribution >= 4 is 0 Å². The van der Waals surface area contributed by atoms with Crippen molar-refractivity contribution in [1.29, 1.82) is 0 Å². The van der Waals surface area contributed by atoms with Crippen LogP contribution in [0.3, 0.4) is 0 Å². The van der Waals surface area contributed by atoms with Crippen molar-refractivity contribution in [1.82, 2.24) is 5.48 Å². The van der Waals surface area contributed by atoms with Crippen LogP contribution in [-0.4, -0.2) is 20.8 Å². The van der Waals surface area contributed by atoms with Crippen LogP contribution in [0.1, 0.15) is 25.5 Å². The van der Waals surface area contributed by atoms with E-state index < -0.39 is 0 Å². The van der Waals surface area contributed by atoms with Crippen LogP contribution in [0, 0.1) is 0 Å². The third kappa shape index (κ3) is 3.12. The van der Waals surface area contributed by atoms with E-state index in [1.807, 2.05) is 32.0 Å². The third-order valence-corrected chi connectivity index (χ3v) is 2.31. The fraction of sp³-hybridized carbons (Fsp3) is 0.500. The van der Waals surface area contributed by atoms with Gasteiger partial charge in [0.1, 0.15) is 0 Å². The second-order valence-corrected chi connectivity index (χ2v) is 3.39. The molecular formula is C12H19NO3. The molecule has 1 unspecified atom stereocenters. The molecule has 1 rings (SSSR count). The molecule has 16 heavy (non-hydrogen) atoms. The molecule has 1 N–H and O–H groups in total. The van der Waals surface area contributed by atoms with Gasteiger partial charge >= 0.3 is 0 Å². The Hall–Kier alpha value is -1.26. The van der Waals surface area contributed by atoms with E-state index in [2.05, 4.69) is 5.48 Å². The van der Waals surface area contributed by atoms with Gasteiger partial charge in [0.2, 0.25) is 0 Å². The number of hydroxylamine groups is 1. The van der Waals surface area contributed by atoms with Crippen LogP contribution in [0.5, 0.6) is 11.5 Å². The van der Waals surface area contributed by atoms with Crippen LogP contribution in [0.4, 0.5) is 0 Å². The molecule has 0 amide bonds. The lowest BCUT2D eigenvalue weighted by Gasteiger charge is -2.15. The highest BCUT2D eigenvalue weighted by atomic mass is 16.6. The summed E-state index contributed by atoms with van der Waals surface area (Å²) >= 11 is 0. The summed E-state index contributed by atoms with van der Waals surface area (Å²) in [6, 6.07) is 5.92. The van der Waals surface area contributed by atoms with Gasteiger partial charge in [0.15, 0.2) is 11.5 Å². The van der Waals surface area contributed by atoms with E-state index in [1.54, 1.807) is 14.2 Å². The van der Waals surface area contributed by atoms with E-state index in [9.17, 15) is 0 Å². The van der Waals surface area contributed by atoms with Crippen molar-refractivity contribution < 1.29 is 14.3 Å². The van der Waals surface area contributed by atoms with E-state index in [4.69, 9.17) is 14.3 Å². The van der Waals surface area contributed by atoms with Crippen LogP contribution in [0.15, 0.2) is 18.2 Å². The molecule has 0 aliphatic rings. The molecule has 0 fully saturated rings. The van der Waals surface area contributed by atoms with Gasteiger partial charge in [-0.2, -0.15) is 5.48 Å². The first kappa shape index (κ1) is 12.8. The maximum absolute atomic E-state index is 5.24. The summed E-state index contributed by atoms with van der Waals surface area (Å²) in [7, 11) is 3.25. The summed E-state index contributed by atoms with van der Waals surface area (Å²) < 4.78 is 10.4. The zero-order chi connectivity index (χ0) is 12.0. The minimum absolute atomic E-state index is 0.111. The average Bonchev–Trinajstić information content (AvgIpc) is 2.34. The van der Waals surface area contributed by atoms with Crippen molar-refractivity contribution in [3.63, 3.8) is 0 Å². The minimum atomic E-state index is 0.111. The van der Waals surface area contributed by atoms with E-state index in [0.29, 0.717) is 6.61 Å². The van der Waals surface area contributed by atoms with Gasteiger partial charge in [0.05, 0.1) is 26.9 Å². The Morgan fingerprint density at radius 2 is 1.88 bits per heavy atom. The zero-order valence-electron chi connectivity index (χ0n) is 10.2. The lowest BCUT2D eigenvalue weighted by molar-refractivity contribution is 0.0284. The normalized spacial score (nSPS) is 12.2. The molecular weight excluding hydrogens is 206 g/mol. The van der Waals surface area contributed by atoms with Crippen molar-refractivity contribution in [3.05, 3.63) is 23.8 Å². The van der Waals surface area contributed by atoms with E-state index in [0.717, 1.165) is 17.1 Å². The summed E-state index contributed by atoms with van der Waals surface area (Å²) in [5.74, 6) is 1.46. The Labute approximate surface area is 96.5 Å². The van der Waals surface area contributed by atoms with Crippen molar-refractivity contribution in [2.75, 3.05) is 20.8 Å². The molecule has 90 valence electrons. The van der Waals surface area contributed by atoms with Gasteiger partial charge in [-0.25, -0.2) is 0 Å². The van der Waals surface area contributed by atoms with Crippen LogP contribution in [0.2, 0.25) is 0 Å². The summed E-state index contributed by atoms with van der Waals surface area (Å²) in [6.07, 6.45) is 0. The molecule has 0 bridgehead atoms. The molecule has 4 nitrogen and oxygen atoms in total. The molecule has 0 heterocycles. The maximum atomic E-state index is 5.24. The molecule has 0 saturated carbocycles. The lowest BCUT2D eigenvalue weighted by atomic mass is 10.1. The number of benzene rings is 1. The quantitative estimate of drug-likeness (QED) is 0.754. The SMILES string of the molecule is CCONC(C)c1ccc(OC)c(OC)c1. The van der Waals surface area contributed by atoms with Gasteiger partial charge in [0, 0.05) is 0 Å². The van der Waals surface area contributed by atoms with Gasteiger partial charge in [-0.05, 0) is 31.5 Å². The molecule has 1 aromatic carbocycles. The lowest BCUT2D eigenvalue weighted by Crippen LogP contribution is -2.18. The third-order valence-electron chi connectivity index (χ3n) is 2.31. The summed E-state index contributed by atoms with van der Waals surface area (Å²) in [4.78, 5) is 5.16. The van der Waals surface area contributed by atoms with Crippen LogP contribution in [-0.2, 0) is 4.84 Å². The maximum Gasteiger partial charge on any atom is 0.161 e. The fourth-order valence-electron chi connectivity index (χ4n) is 1.40. The van der Waals surface area contributed by atoms with Gasteiger partial charge in [-0.1, -0.05) is 6.07 Å². The Morgan fingerprint density at radius 1 is 1.19 bits per heavy atom. The first-order valence-corrected chi connectivity index (χ1v) is 5.32. The highest BCUT2D eigenvalue weighted by molar-refractivity contribution is 5.43. The molecule has 0 saturated heterocycles. The smallest absolute Gasteiger partial charge is 0.161 e. The Kier molecular flexibility index (Phi) is 5.08. The standard InChI is InChI=1S/C12H19NO3/c1-5-16-13-9(2)10-6-7-11(14-3)12(8-10)15-4/h6-9,13H,5H2,1-4H3. The largest absolute Gasteiger partial charge is 0.493 e. The number of hydrogen-bond acceptors (Lipinski definition) is 4. The highest BCUT2D eigenvalue weighted by Crippen LogP contribution is 2.29. The highest BCUT2D eigenvalue weighted by Gasteiger charge is 2.09. The average molecular weight is 225 g/mol. The minimum Gasteiger partial charge on any atom is -0.493 e. The summed E-state index contributed by atoms with van der Waals surface area (Å²) in [5.41, 5.74) is 4.03. The topological polar surface area (TPSA) is 39.7 Å².